The fourth-order valence-electron chi connectivity index (χ4n) is 4.03. The van der Waals surface area contributed by atoms with Gasteiger partial charge in [-0.05, 0) is 43.7 Å². The number of hydrogen-bond acceptors (Lipinski definition) is 4. The normalized spacial score (nSPS) is 16.5. The number of nitrogen functional groups attached to an aromatic ring is 1. The quantitative estimate of drug-likeness (QED) is 0.582. The number of carboxylic acid groups (broad SMARTS) is 1. The number of aromatic nitrogens is 1. The molecular formula is C23H23ClN4O3. The minimum atomic E-state index is -0.964. The van der Waals surface area contributed by atoms with Gasteiger partial charge in [0.05, 0.1) is 16.2 Å². The van der Waals surface area contributed by atoms with Crippen LogP contribution in [0.4, 0.5) is 10.5 Å². The summed E-state index contributed by atoms with van der Waals surface area (Å²) in [6, 6.07) is 12.5. The summed E-state index contributed by atoms with van der Waals surface area (Å²) < 4.78 is 0. The Kier molecular flexibility index (Phi) is 5.45. The molecule has 2 amide bonds. The van der Waals surface area contributed by atoms with Crippen molar-refractivity contribution >= 4 is 40.2 Å². The molecule has 0 unspecified atom stereocenters. The highest BCUT2D eigenvalue weighted by molar-refractivity contribution is 6.36. The zero-order chi connectivity index (χ0) is 22.3. The van der Waals surface area contributed by atoms with E-state index in [1.54, 1.807) is 24.0 Å². The summed E-state index contributed by atoms with van der Waals surface area (Å²) in [6.45, 7) is 4.70. The summed E-state index contributed by atoms with van der Waals surface area (Å²) in [7, 11) is 0. The highest BCUT2D eigenvalue weighted by atomic mass is 35.5. The number of nitrogens with two attached hydrogens (primary N) is 1. The van der Waals surface area contributed by atoms with Crippen molar-refractivity contribution < 1.29 is 14.7 Å². The second-order valence-corrected chi connectivity index (χ2v) is 8.21. The number of piperazine rings is 1. The molecule has 1 aliphatic heterocycles. The first kappa shape index (κ1) is 20.9. The molecule has 0 aliphatic carbocycles. The van der Waals surface area contributed by atoms with Crippen LogP contribution in [0, 0.1) is 6.92 Å². The topological polar surface area (TPSA) is 99.8 Å². The van der Waals surface area contributed by atoms with E-state index in [2.05, 4.69) is 0 Å². The molecule has 160 valence electrons. The molecule has 1 atom stereocenters. The molecule has 4 rings (SSSR count). The van der Waals surface area contributed by atoms with E-state index < -0.39 is 6.09 Å². The summed E-state index contributed by atoms with van der Waals surface area (Å²) in [5.41, 5.74) is 10.1. The minimum Gasteiger partial charge on any atom is -0.465 e. The molecule has 0 bridgehead atoms. The molecule has 1 aromatic heterocycles. The van der Waals surface area contributed by atoms with Gasteiger partial charge in [0.15, 0.2) is 0 Å². The molecule has 1 fully saturated rings. The van der Waals surface area contributed by atoms with Crippen LogP contribution in [0.3, 0.4) is 0 Å². The molecule has 2 aromatic carbocycles. The predicted molar refractivity (Wildman–Crippen MR) is 121 cm³/mol. The molecule has 3 aromatic rings. The average Bonchev–Trinajstić information content (AvgIpc) is 2.75. The number of pyridine rings is 1. The van der Waals surface area contributed by atoms with Crippen molar-refractivity contribution in [2.45, 2.75) is 19.9 Å². The van der Waals surface area contributed by atoms with Crippen LogP contribution in [0.15, 0.2) is 42.5 Å². The number of fused-ring (bicyclic) bond motifs is 1. The van der Waals surface area contributed by atoms with E-state index in [1.807, 2.05) is 37.3 Å². The number of halogens is 1. The molecule has 8 heteroatoms. The van der Waals surface area contributed by atoms with Gasteiger partial charge in [-0.25, -0.2) is 9.78 Å². The van der Waals surface area contributed by atoms with Crippen LogP contribution in [0.2, 0.25) is 5.02 Å². The van der Waals surface area contributed by atoms with Gasteiger partial charge in [0.2, 0.25) is 0 Å². The Morgan fingerprint density at radius 1 is 1.19 bits per heavy atom. The van der Waals surface area contributed by atoms with Gasteiger partial charge in [-0.1, -0.05) is 29.8 Å². The van der Waals surface area contributed by atoms with E-state index in [-0.39, 0.29) is 11.9 Å². The molecule has 3 N–H and O–H groups in total. The zero-order valence-corrected chi connectivity index (χ0v) is 18.1. The minimum absolute atomic E-state index is 0.150. The summed E-state index contributed by atoms with van der Waals surface area (Å²) in [5, 5.41) is 10.6. The van der Waals surface area contributed by atoms with Crippen molar-refractivity contribution in [3.8, 4) is 11.3 Å². The van der Waals surface area contributed by atoms with Gasteiger partial charge in [0.1, 0.15) is 0 Å². The first-order valence-corrected chi connectivity index (χ1v) is 10.4. The molecular weight excluding hydrogens is 416 g/mol. The van der Waals surface area contributed by atoms with E-state index in [9.17, 15) is 14.7 Å². The SMILES string of the molecule is Cc1c(-c2cccc(N)c2)nc2cc(C(=O)N3CCN(C(=O)O)[C@H](C)C3)ccc2c1Cl. The molecule has 31 heavy (non-hydrogen) atoms. The maximum atomic E-state index is 13.1. The highest BCUT2D eigenvalue weighted by Crippen LogP contribution is 2.34. The van der Waals surface area contributed by atoms with Crippen LogP contribution >= 0.6 is 11.6 Å². The lowest BCUT2D eigenvalue weighted by atomic mass is 10.0. The number of nitrogens with zero attached hydrogens (tertiary/aromatic N) is 3. The summed E-state index contributed by atoms with van der Waals surface area (Å²) in [5.74, 6) is -0.150. The Bertz CT molecular complexity index is 1200. The van der Waals surface area contributed by atoms with Gasteiger partial charge >= 0.3 is 6.09 Å². The fourth-order valence-corrected chi connectivity index (χ4v) is 4.28. The van der Waals surface area contributed by atoms with E-state index in [0.29, 0.717) is 41.4 Å². The first-order valence-electron chi connectivity index (χ1n) is 10.0. The van der Waals surface area contributed by atoms with Gasteiger partial charge in [-0.2, -0.15) is 0 Å². The Morgan fingerprint density at radius 3 is 2.65 bits per heavy atom. The average molecular weight is 439 g/mol. The van der Waals surface area contributed by atoms with Crippen molar-refractivity contribution in [1.29, 1.82) is 0 Å². The van der Waals surface area contributed by atoms with Gasteiger partial charge in [-0.15, -0.1) is 0 Å². The maximum absolute atomic E-state index is 13.1. The number of carbonyl (C=O) groups is 2. The smallest absolute Gasteiger partial charge is 0.407 e. The Balaban J connectivity index is 1.70. The van der Waals surface area contributed by atoms with Crippen LogP contribution in [0.1, 0.15) is 22.8 Å². The van der Waals surface area contributed by atoms with Crippen molar-refractivity contribution in [1.82, 2.24) is 14.8 Å². The predicted octanol–water partition coefficient (Wildman–Crippen LogP) is 4.27. The maximum Gasteiger partial charge on any atom is 0.407 e. The second kappa shape index (κ2) is 8.07. The lowest BCUT2D eigenvalue weighted by Gasteiger charge is -2.38. The molecule has 0 spiro atoms. The van der Waals surface area contributed by atoms with Crippen molar-refractivity contribution in [3.05, 3.63) is 58.6 Å². The van der Waals surface area contributed by atoms with Gasteiger partial charge in [0.25, 0.3) is 5.91 Å². The van der Waals surface area contributed by atoms with Crippen LogP contribution in [0.5, 0.6) is 0 Å². The van der Waals surface area contributed by atoms with E-state index >= 15 is 0 Å². The van der Waals surface area contributed by atoms with Crippen LogP contribution in [0.25, 0.3) is 22.2 Å². The Morgan fingerprint density at radius 2 is 1.97 bits per heavy atom. The van der Waals surface area contributed by atoms with Crippen LogP contribution in [-0.4, -0.2) is 57.6 Å². The molecule has 0 saturated carbocycles. The molecule has 2 heterocycles. The van der Waals surface area contributed by atoms with Gasteiger partial charge in [-0.3, -0.25) is 4.79 Å². The monoisotopic (exact) mass is 438 g/mol. The summed E-state index contributed by atoms with van der Waals surface area (Å²) in [6.07, 6.45) is -0.964. The number of hydrogen-bond donors (Lipinski definition) is 2. The van der Waals surface area contributed by atoms with Crippen molar-refractivity contribution in [2.75, 3.05) is 25.4 Å². The number of carbonyl (C=O) groups excluding carboxylic acids is 1. The van der Waals surface area contributed by atoms with Gasteiger partial charge < -0.3 is 20.6 Å². The fraction of sp³-hybridized carbons (Fsp3) is 0.261. The zero-order valence-electron chi connectivity index (χ0n) is 17.3. The molecule has 0 radical (unpaired) electrons. The summed E-state index contributed by atoms with van der Waals surface area (Å²) >= 11 is 6.64. The Hall–Kier alpha value is -3.32. The van der Waals surface area contributed by atoms with Crippen LogP contribution in [-0.2, 0) is 0 Å². The Labute approximate surface area is 185 Å². The largest absolute Gasteiger partial charge is 0.465 e. The van der Waals surface area contributed by atoms with E-state index in [1.165, 1.54) is 4.90 Å². The third-order valence-corrected chi connectivity index (χ3v) is 6.21. The number of anilines is 1. The molecule has 1 aliphatic rings. The van der Waals surface area contributed by atoms with E-state index in [0.717, 1.165) is 22.2 Å². The second-order valence-electron chi connectivity index (χ2n) is 7.83. The highest BCUT2D eigenvalue weighted by Gasteiger charge is 2.30. The molecule has 7 nitrogen and oxygen atoms in total. The number of rotatable bonds is 2. The summed E-state index contributed by atoms with van der Waals surface area (Å²) in [4.78, 5) is 32.2. The van der Waals surface area contributed by atoms with E-state index in [4.69, 9.17) is 22.3 Å². The number of amides is 2. The van der Waals surface area contributed by atoms with Crippen molar-refractivity contribution in [3.63, 3.8) is 0 Å². The third kappa shape index (κ3) is 3.88. The number of benzene rings is 2. The lowest BCUT2D eigenvalue weighted by molar-refractivity contribution is 0.0507. The lowest BCUT2D eigenvalue weighted by Crippen LogP contribution is -2.55. The standard InChI is InChI=1S/C23H23ClN4O3/c1-13-12-27(8-9-28(13)23(30)31)22(29)16-6-7-18-19(11-16)26-21(14(2)20(18)24)15-4-3-5-17(25)10-15/h3-7,10-11,13H,8-9,12,25H2,1-2H3,(H,30,31)/t13-/m1/s1. The van der Waals surface area contributed by atoms with Gasteiger partial charge in [0, 0.05) is 47.9 Å². The third-order valence-electron chi connectivity index (χ3n) is 5.72. The molecule has 1 saturated heterocycles. The van der Waals surface area contributed by atoms with Crippen molar-refractivity contribution in [2.24, 2.45) is 0 Å². The van der Waals surface area contributed by atoms with Crippen LogP contribution < -0.4 is 5.73 Å². The first-order chi connectivity index (χ1) is 14.8.